The zero-order valence-corrected chi connectivity index (χ0v) is 31.1. The number of carbonyl (C=O) groups excluding carboxylic acids is 6. The number of Topliss-reactive ketones (excluding diaryl/α,β-unsaturated/α-hetero) is 4. The summed E-state index contributed by atoms with van der Waals surface area (Å²) in [6, 6.07) is 3.54. The fourth-order valence-corrected chi connectivity index (χ4v) is 7.27. The van der Waals surface area contributed by atoms with Gasteiger partial charge in [0.25, 0.3) is 0 Å². The summed E-state index contributed by atoms with van der Waals surface area (Å²) in [5, 5.41) is 0. The molecule has 0 unspecified atom stereocenters. The lowest BCUT2D eigenvalue weighted by atomic mass is 9.75. The summed E-state index contributed by atoms with van der Waals surface area (Å²) < 4.78 is 20.5. The molecule has 274 valence electrons. The maximum atomic E-state index is 14.6. The van der Waals surface area contributed by atoms with Crippen molar-refractivity contribution >= 4 is 35.1 Å². The van der Waals surface area contributed by atoms with E-state index in [1.54, 1.807) is 25.1 Å². The van der Waals surface area contributed by atoms with Crippen LogP contribution in [0.2, 0.25) is 0 Å². The highest BCUT2D eigenvalue weighted by molar-refractivity contribution is 6.38. The van der Waals surface area contributed by atoms with Gasteiger partial charge >= 0.3 is 6.09 Å². The molecule has 4 atom stereocenters. The Morgan fingerprint density at radius 2 is 1.68 bits per heavy atom. The van der Waals surface area contributed by atoms with Crippen molar-refractivity contribution < 1.29 is 37.9 Å². The Morgan fingerprint density at radius 1 is 1.00 bits per heavy atom. The van der Waals surface area contributed by atoms with Crippen LogP contribution in [0, 0.1) is 34.4 Å². The van der Waals surface area contributed by atoms with Crippen molar-refractivity contribution in [1.82, 2.24) is 9.80 Å². The smallest absolute Gasteiger partial charge is 0.411 e. The number of amides is 2. The molecule has 9 nitrogen and oxygen atoms in total. The van der Waals surface area contributed by atoms with Crippen LogP contribution in [0.1, 0.15) is 118 Å². The quantitative estimate of drug-likeness (QED) is 0.150. The number of likely N-dealkylation sites (tertiary alicyclic amines) is 1. The van der Waals surface area contributed by atoms with Gasteiger partial charge in [-0.15, -0.1) is 0 Å². The third-order valence-corrected chi connectivity index (χ3v) is 10.1. The number of carbonyl (C=O) groups is 6. The summed E-state index contributed by atoms with van der Waals surface area (Å²) in [6.45, 7) is 15.2. The largest absolute Gasteiger partial charge is 0.440 e. The van der Waals surface area contributed by atoms with Crippen molar-refractivity contribution in [2.24, 2.45) is 28.6 Å². The van der Waals surface area contributed by atoms with E-state index in [0.29, 0.717) is 29.5 Å². The van der Waals surface area contributed by atoms with E-state index in [9.17, 15) is 33.2 Å². The molecule has 1 saturated carbocycles. The van der Waals surface area contributed by atoms with Crippen molar-refractivity contribution in [2.45, 2.75) is 132 Å². The number of halogens is 1. The minimum absolute atomic E-state index is 0.0170. The van der Waals surface area contributed by atoms with Crippen LogP contribution in [0.25, 0.3) is 0 Å². The molecule has 0 N–H and O–H groups in total. The van der Waals surface area contributed by atoms with Crippen molar-refractivity contribution in [3.05, 3.63) is 46.8 Å². The van der Waals surface area contributed by atoms with E-state index in [1.165, 1.54) is 15.9 Å². The lowest BCUT2D eigenvalue weighted by Crippen LogP contribution is -2.48. The summed E-state index contributed by atoms with van der Waals surface area (Å²) in [7, 11) is 0. The average Bonchev–Trinajstić information content (AvgIpc) is 3.58. The number of hydrogen-bond donors (Lipinski definition) is 0. The molecule has 1 aromatic carbocycles. The molecule has 0 aromatic heterocycles. The van der Waals surface area contributed by atoms with Crippen LogP contribution >= 0.6 is 0 Å². The van der Waals surface area contributed by atoms with E-state index in [1.807, 2.05) is 48.5 Å². The van der Waals surface area contributed by atoms with Crippen LogP contribution in [-0.2, 0) is 41.8 Å². The van der Waals surface area contributed by atoms with Crippen molar-refractivity contribution in [3.63, 3.8) is 0 Å². The van der Waals surface area contributed by atoms with Gasteiger partial charge in [-0.3, -0.25) is 28.9 Å². The number of benzene rings is 1. The van der Waals surface area contributed by atoms with Gasteiger partial charge in [-0.1, -0.05) is 73.1 Å². The lowest BCUT2D eigenvalue weighted by molar-refractivity contribution is -0.146. The van der Waals surface area contributed by atoms with Crippen LogP contribution < -0.4 is 0 Å². The molecule has 50 heavy (non-hydrogen) atoms. The van der Waals surface area contributed by atoms with Crippen molar-refractivity contribution in [1.29, 1.82) is 0 Å². The number of ether oxygens (including phenoxy) is 1. The number of rotatable bonds is 14. The Labute approximate surface area is 296 Å². The number of ketones is 4. The van der Waals surface area contributed by atoms with Gasteiger partial charge in [-0.2, -0.15) is 0 Å². The topological polar surface area (TPSA) is 118 Å². The number of hydrogen-bond acceptors (Lipinski definition) is 7. The molecule has 0 bridgehead atoms. The molecule has 1 aliphatic carbocycles. The Bertz CT molecular complexity index is 1530. The fourth-order valence-electron chi connectivity index (χ4n) is 7.27. The standard InChI is InChI=1S/C40H55FN2O7/c1-9-12-25(36(47)33(46)17-24-15-16-24)18-32(45)35-28(10-2)34(50-38(49)42-21-26-13-11-14-31(41)29(26)22-42)23-43(35)37(48)30(40(6,7)8)19-27(44)20-39(3,4)5/h10-11,13-14,24-25,30,34-35H,9,12,15-23H2,1-8H3/b28-10-/t25-,30-,34+,35+/m1/s1. The first kappa shape index (κ1) is 39.1. The molecular formula is C40H55FN2O7. The summed E-state index contributed by atoms with van der Waals surface area (Å²) in [5.41, 5.74) is 0.579. The Hall–Kier alpha value is -3.69. The molecule has 4 rings (SSSR count). The van der Waals surface area contributed by atoms with Gasteiger partial charge in [0.2, 0.25) is 11.7 Å². The van der Waals surface area contributed by atoms with Gasteiger partial charge in [-0.05, 0) is 60.1 Å². The average molecular weight is 695 g/mol. The highest BCUT2D eigenvalue weighted by atomic mass is 19.1. The van der Waals surface area contributed by atoms with E-state index < -0.39 is 64.6 Å². The van der Waals surface area contributed by atoms with E-state index in [4.69, 9.17) is 4.74 Å². The second kappa shape index (κ2) is 15.7. The van der Waals surface area contributed by atoms with E-state index >= 15 is 0 Å². The minimum atomic E-state index is -1.15. The fraction of sp³-hybridized carbons (Fsp3) is 0.650. The normalized spacial score (nSPS) is 21.2. The molecular weight excluding hydrogens is 639 g/mol. The first-order valence-electron chi connectivity index (χ1n) is 18.1. The highest BCUT2D eigenvalue weighted by Gasteiger charge is 2.49. The third-order valence-electron chi connectivity index (χ3n) is 10.1. The van der Waals surface area contributed by atoms with E-state index in [-0.39, 0.29) is 62.4 Å². The molecule has 2 fully saturated rings. The Balaban J connectivity index is 1.64. The zero-order chi connectivity index (χ0) is 37.1. The number of nitrogens with zero attached hydrogens (tertiary/aromatic N) is 2. The summed E-state index contributed by atoms with van der Waals surface area (Å²) in [6.07, 6.45) is 2.98. The summed E-state index contributed by atoms with van der Waals surface area (Å²) >= 11 is 0. The highest BCUT2D eigenvalue weighted by Crippen LogP contribution is 2.38. The molecule has 1 aromatic rings. The van der Waals surface area contributed by atoms with Gasteiger partial charge in [0.05, 0.1) is 13.1 Å². The molecule has 2 heterocycles. The Kier molecular flexibility index (Phi) is 12.3. The molecule has 0 spiro atoms. The van der Waals surface area contributed by atoms with Gasteiger partial charge in [0, 0.05) is 49.6 Å². The molecule has 2 aliphatic heterocycles. The minimum Gasteiger partial charge on any atom is -0.440 e. The second-order valence-corrected chi connectivity index (χ2v) is 16.8. The van der Waals surface area contributed by atoms with Crippen LogP contribution in [0.5, 0.6) is 0 Å². The van der Waals surface area contributed by atoms with Gasteiger partial charge in [-0.25, -0.2) is 9.18 Å². The predicted octanol–water partition coefficient (Wildman–Crippen LogP) is 7.18. The lowest BCUT2D eigenvalue weighted by Gasteiger charge is -2.35. The Morgan fingerprint density at radius 3 is 2.24 bits per heavy atom. The molecule has 10 heteroatoms. The summed E-state index contributed by atoms with van der Waals surface area (Å²) in [4.78, 5) is 84.7. The summed E-state index contributed by atoms with van der Waals surface area (Å²) in [5.74, 6) is -3.66. The van der Waals surface area contributed by atoms with Gasteiger partial charge in [0.1, 0.15) is 23.7 Å². The maximum Gasteiger partial charge on any atom is 0.411 e. The van der Waals surface area contributed by atoms with Gasteiger partial charge < -0.3 is 9.64 Å². The van der Waals surface area contributed by atoms with Crippen LogP contribution in [0.3, 0.4) is 0 Å². The number of fused-ring (bicyclic) bond motifs is 1. The number of allylic oxidation sites excluding steroid dienone is 1. The first-order chi connectivity index (χ1) is 23.3. The van der Waals surface area contributed by atoms with E-state index in [2.05, 4.69) is 0 Å². The third kappa shape index (κ3) is 9.55. The molecule has 0 radical (unpaired) electrons. The van der Waals surface area contributed by atoms with Crippen molar-refractivity contribution in [2.75, 3.05) is 6.54 Å². The molecule has 3 aliphatic rings. The first-order valence-corrected chi connectivity index (χ1v) is 18.1. The zero-order valence-electron chi connectivity index (χ0n) is 31.1. The predicted molar refractivity (Wildman–Crippen MR) is 187 cm³/mol. The van der Waals surface area contributed by atoms with Crippen LogP contribution in [-0.4, -0.2) is 63.6 Å². The van der Waals surface area contributed by atoms with Crippen LogP contribution in [0.4, 0.5) is 9.18 Å². The molecule has 2 amide bonds. The maximum absolute atomic E-state index is 14.6. The second-order valence-electron chi connectivity index (χ2n) is 16.8. The van der Waals surface area contributed by atoms with Crippen LogP contribution in [0.15, 0.2) is 29.8 Å². The SMILES string of the molecule is C/C=C1/[C@@H](OC(=O)N2Cc3cccc(F)c3C2)CN(C(=O)[C@@H](CC(=O)CC(C)(C)C)C(C)(C)C)[C@@H]1C(=O)C[C@@H](CCC)C(=O)C(=O)CC1CC1. The molecule has 1 saturated heterocycles. The van der Waals surface area contributed by atoms with Crippen molar-refractivity contribution in [3.8, 4) is 0 Å². The van der Waals surface area contributed by atoms with Gasteiger partial charge in [0.15, 0.2) is 11.6 Å². The monoisotopic (exact) mass is 694 g/mol. The van der Waals surface area contributed by atoms with E-state index in [0.717, 1.165) is 12.8 Å².